The predicted molar refractivity (Wildman–Crippen MR) is 125 cm³/mol. The van der Waals surface area contributed by atoms with Crippen LogP contribution < -0.4 is 10.5 Å². The van der Waals surface area contributed by atoms with Gasteiger partial charge in [0.25, 0.3) is 0 Å². The zero-order chi connectivity index (χ0) is 22.7. The van der Waals surface area contributed by atoms with E-state index in [1.807, 2.05) is 22.8 Å². The Morgan fingerprint density at radius 2 is 2.12 bits per heavy atom. The van der Waals surface area contributed by atoms with Crippen LogP contribution in [-0.2, 0) is 11.3 Å². The van der Waals surface area contributed by atoms with Crippen molar-refractivity contribution in [2.75, 3.05) is 32.5 Å². The molecule has 3 heterocycles. The summed E-state index contributed by atoms with van der Waals surface area (Å²) in [7, 11) is 1.63. The molecule has 0 aliphatic carbocycles. The molecule has 3 aliphatic heterocycles. The van der Waals surface area contributed by atoms with Crippen LogP contribution in [0.25, 0.3) is 11.5 Å². The molecule has 9 nitrogen and oxygen atoms in total. The minimum absolute atomic E-state index is 0.193. The quantitative estimate of drug-likeness (QED) is 0.487. The molecule has 170 valence electrons. The van der Waals surface area contributed by atoms with E-state index in [-0.39, 0.29) is 5.91 Å². The maximum Gasteiger partial charge on any atom is 0.248 e. The van der Waals surface area contributed by atoms with E-state index in [4.69, 9.17) is 20.6 Å². The van der Waals surface area contributed by atoms with Crippen LogP contribution in [0.5, 0.6) is 5.75 Å². The van der Waals surface area contributed by atoms with Crippen molar-refractivity contribution in [2.24, 2.45) is 5.92 Å². The van der Waals surface area contributed by atoms with E-state index < -0.39 is 6.61 Å². The van der Waals surface area contributed by atoms with Gasteiger partial charge in [-0.3, -0.25) is 4.79 Å². The molecular weight excluding hydrogens is 496 g/mol. The first-order chi connectivity index (χ1) is 15.5. The second-order valence-corrected chi connectivity index (χ2v) is 9.53. The number of anilines is 1. The number of methoxy groups -OCH3 is 1. The number of benzene rings is 1. The first-order valence-corrected chi connectivity index (χ1v) is 12.0. The number of fused-ring (bicyclic) bond motifs is 1. The molecule has 3 N–H and O–H groups in total. The highest BCUT2D eigenvalue weighted by molar-refractivity contribution is 9.10. The molecule has 0 bridgehead atoms. The molecule has 0 unspecified atom stereocenters. The van der Waals surface area contributed by atoms with Gasteiger partial charge in [0.2, 0.25) is 5.91 Å². The SMILES string of the molecule is COc1ccc(Br)c(Sc2nc3c(N)ncn(CCC4CCN(C(=O)CO)CC4)c-3n2)c1. The molecule has 3 aliphatic rings. The van der Waals surface area contributed by atoms with E-state index >= 15 is 0 Å². The molecule has 0 radical (unpaired) electrons. The van der Waals surface area contributed by atoms with E-state index in [9.17, 15) is 4.79 Å². The first kappa shape index (κ1) is 22.8. The molecule has 1 amide bonds. The van der Waals surface area contributed by atoms with Crippen molar-refractivity contribution >= 4 is 39.4 Å². The summed E-state index contributed by atoms with van der Waals surface area (Å²) in [5.41, 5.74) is 6.67. The second-order valence-electron chi connectivity index (χ2n) is 7.67. The van der Waals surface area contributed by atoms with Gasteiger partial charge in [0.1, 0.15) is 12.4 Å². The van der Waals surface area contributed by atoms with E-state index in [1.165, 1.54) is 11.8 Å². The Morgan fingerprint density at radius 1 is 1.34 bits per heavy atom. The Kier molecular flexibility index (Phi) is 7.17. The van der Waals surface area contributed by atoms with Gasteiger partial charge in [-0.1, -0.05) is 0 Å². The summed E-state index contributed by atoms with van der Waals surface area (Å²) >= 11 is 5.00. The number of aromatic nitrogens is 4. The number of amides is 1. The highest BCUT2D eigenvalue weighted by atomic mass is 79.9. The second kappa shape index (κ2) is 10.1. The molecule has 1 saturated heterocycles. The number of nitrogen functional groups attached to an aromatic ring is 1. The minimum atomic E-state index is -0.419. The molecule has 0 aromatic heterocycles. The van der Waals surface area contributed by atoms with Gasteiger partial charge < -0.3 is 25.0 Å². The number of aliphatic hydroxyl groups excluding tert-OH is 1. The van der Waals surface area contributed by atoms with Crippen molar-refractivity contribution in [2.45, 2.75) is 35.9 Å². The van der Waals surface area contributed by atoms with Gasteiger partial charge >= 0.3 is 0 Å². The van der Waals surface area contributed by atoms with Crippen LogP contribution in [0.2, 0.25) is 0 Å². The van der Waals surface area contributed by atoms with E-state index in [1.54, 1.807) is 18.3 Å². The smallest absolute Gasteiger partial charge is 0.248 e. The third kappa shape index (κ3) is 5.00. The number of carbonyl (C=O) groups is 1. The lowest BCUT2D eigenvalue weighted by Gasteiger charge is -2.31. The molecule has 1 aromatic carbocycles. The average molecular weight is 521 g/mol. The molecular formula is C21H25BrN6O3S. The molecule has 11 heteroatoms. The summed E-state index contributed by atoms with van der Waals surface area (Å²) in [4.78, 5) is 28.0. The highest BCUT2D eigenvalue weighted by Gasteiger charge is 2.24. The Bertz CT molecular complexity index is 1070. The number of imidazole rings is 1. The van der Waals surface area contributed by atoms with Crippen molar-refractivity contribution in [3.63, 3.8) is 0 Å². The largest absolute Gasteiger partial charge is 0.497 e. The van der Waals surface area contributed by atoms with Gasteiger partial charge in [0.15, 0.2) is 22.5 Å². The number of ether oxygens (including phenoxy) is 1. The maximum absolute atomic E-state index is 11.6. The highest BCUT2D eigenvalue weighted by Crippen LogP contribution is 2.37. The van der Waals surface area contributed by atoms with Gasteiger partial charge in [-0.25, -0.2) is 15.0 Å². The lowest BCUT2D eigenvalue weighted by atomic mass is 9.93. The van der Waals surface area contributed by atoms with Gasteiger partial charge in [0.05, 0.1) is 13.4 Å². The van der Waals surface area contributed by atoms with Crippen molar-refractivity contribution in [1.29, 1.82) is 0 Å². The number of hydrogen-bond donors (Lipinski definition) is 2. The van der Waals surface area contributed by atoms with E-state index in [0.29, 0.717) is 41.5 Å². The number of piperidine rings is 1. The van der Waals surface area contributed by atoms with Gasteiger partial charge in [-0.2, -0.15) is 0 Å². The van der Waals surface area contributed by atoms with Crippen molar-refractivity contribution in [3.05, 3.63) is 29.0 Å². The Morgan fingerprint density at radius 3 is 2.84 bits per heavy atom. The van der Waals surface area contributed by atoms with Crippen LogP contribution in [0.15, 0.2) is 39.1 Å². The lowest BCUT2D eigenvalue weighted by molar-refractivity contribution is -0.135. The van der Waals surface area contributed by atoms with Gasteiger partial charge in [0, 0.05) is 29.0 Å². The molecule has 1 fully saturated rings. The average Bonchev–Trinajstić information content (AvgIpc) is 3.24. The lowest BCUT2D eigenvalue weighted by Crippen LogP contribution is -2.40. The first-order valence-electron chi connectivity index (χ1n) is 10.4. The standard InChI is InChI=1S/C21H25BrN6O3S/c1-31-14-2-3-15(22)16(10-14)32-21-25-18-19(23)24-12-28(20(18)26-21)9-6-13-4-7-27(8-5-13)17(30)11-29/h2-3,10,12-13,29H,4-9,11,23H2,1H3. The fraction of sp³-hybridized carbons (Fsp3) is 0.429. The molecule has 0 atom stereocenters. The number of nitrogens with zero attached hydrogens (tertiary/aromatic N) is 5. The van der Waals surface area contributed by atoms with Crippen LogP contribution in [0.4, 0.5) is 5.82 Å². The van der Waals surface area contributed by atoms with Crippen LogP contribution >= 0.6 is 27.7 Å². The molecule has 1 aromatic rings. The summed E-state index contributed by atoms with van der Waals surface area (Å²) in [6.07, 6.45) is 4.51. The van der Waals surface area contributed by atoms with Crippen LogP contribution in [0.1, 0.15) is 19.3 Å². The molecule has 4 rings (SSSR count). The predicted octanol–water partition coefficient (Wildman–Crippen LogP) is 2.90. The molecule has 32 heavy (non-hydrogen) atoms. The number of likely N-dealkylation sites (tertiary alicyclic amines) is 1. The maximum atomic E-state index is 11.6. The number of rotatable bonds is 7. The molecule has 0 spiro atoms. The summed E-state index contributed by atoms with van der Waals surface area (Å²) in [5.74, 6) is 2.14. The summed E-state index contributed by atoms with van der Waals surface area (Å²) in [6.45, 7) is 1.71. The third-order valence-electron chi connectivity index (χ3n) is 5.69. The topological polar surface area (TPSA) is 119 Å². The Hall–Kier alpha value is -2.37. The molecule has 0 saturated carbocycles. The number of nitrogens with two attached hydrogens (primary N) is 1. The minimum Gasteiger partial charge on any atom is -0.497 e. The van der Waals surface area contributed by atoms with Crippen LogP contribution in [-0.4, -0.2) is 62.2 Å². The number of aliphatic hydroxyl groups is 1. The van der Waals surface area contributed by atoms with Crippen LogP contribution in [0, 0.1) is 5.92 Å². The third-order valence-corrected chi connectivity index (χ3v) is 7.57. The fourth-order valence-electron chi connectivity index (χ4n) is 3.82. The van der Waals surface area contributed by atoms with Crippen molar-refractivity contribution in [3.8, 4) is 17.3 Å². The normalized spacial score (nSPS) is 14.8. The van der Waals surface area contributed by atoms with Crippen LogP contribution in [0.3, 0.4) is 0 Å². The van der Waals surface area contributed by atoms with Crippen molar-refractivity contribution < 1.29 is 14.6 Å². The monoisotopic (exact) mass is 520 g/mol. The van der Waals surface area contributed by atoms with E-state index in [2.05, 4.69) is 25.9 Å². The zero-order valence-corrected chi connectivity index (χ0v) is 20.1. The zero-order valence-electron chi connectivity index (χ0n) is 17.7. The van der Waals surface area contributed by atoms with Gasteiger partial charge in [-0.15, -0.1) is 0 Å². The van der Waals surface area contributed by atoms with Gasteiger partial charge in [-0.05, 0) is 71.1 Å². The summed E-state index contributed by atoms with van der Waals surface area (Å²) in [5, 5.41) is 9.62. The fourth-order valence-corrected chi connectivity index (χ4v) is 5.12. The Labute approximate surface area is 198 Å². The van der Waals surface area contributed by atoms with E-state index in [0.717, 1.165) is 40.9 Å². The Balaban J connectivity index is 1.47. The van der Waals surface area contributed by atoms with Crippen molar-refractivity contribution in [1.82, 2.24) is 24.4 Å². The summed E-state index contributed by atoms with van der Waals surface area (Å²) < 4.78 is 8.24. The summed E-state index contributed by atoms with van der Waals surface area (Å²) in [6, 6.07) is 5.75. The number of hydrogen-bond acceptors (Lipinski definition) is 8. The number of aryl methyl sites for hydroxylation is 1. The number of halogens is 1. The number of carbonyl (C=O) groups excluding carboxylic acids is 1.